The van der Waals surface area contributed by atoms with Gasteiger partial charge in [-0.3, -0.25) is 9.59 Å². The molecule has 0 bridgehead atoms. The molecule has 0 aromatic carbocycles. The number of anilines is 1. The molecule has 5 nitrogen and oxygen atoms in total. The maximum Gasteiger partial charge on any atom is 0.251 e. The number of hydrogen-bond donors (Lipinski definition) is 1. The Balaban J connectivity index is 2.98. The topological polar surface area (TPSA) is 68.3 Å². The number of thioether (sulfide) groups is 1. The second kappa shape index (κ2) is 6.86. The Hall–Kier alpha value is -0.920. The monoisotopic (exact) mass is 288 g/mol. The third kappa shape index (κ3) is 3.79. The molecule has 0 aliphatic carbocycles. The van der Waals surface area contributed by atoms with Crippen molar-refractivity contribution in [2.24, 2.45) is 5.92 Å². The first kappa shape index (κ1) is 15.1. The summed E-state index contributed by atoms with van der Waals surface area (Å²) in [6.45, 7) is 3.59. The lowest BCUT2D eigenvalue weighted by Crippen LogP contribution is -2.19. The molecule has 100 valence electrons. The summed E-state index contributed by atoms with van der Waals surface area (Å²) in [7, 11) is 1.44. The van der Waals surface area contributed by atoms with Gasteiger partial charge >= 0.3 is 0 Å². The van der Waals surface area contributed by atoms with E-state index in [0.717, 1.165) is 4.34 Å². The summed E-state index contributed by atoms with van der Waals surface area (Å²) in [4.78, 5) is 28.2. The van der Waals surface area contributed by atoms with Gasteiger partial charge in [-0.25, -0.2) is 4.98 Å². The molecule has 1 amide bonds. The van der Waals surface area contributed by atoms with E-state index in [2.05, 4.69) is 10.3 Å². The number of ether oxygens (including phenoxy) is 1. The first-order valence-electron chi connectivity index (χ1n) is 5.37. The first-order valence-corrected chi connectivity index (χ1v) is 7.41. The van der Waals surface area contributed by atoms with Gasteiger partial charge in [0.15, 0.2) is 15.9 Å². The molecule has 0 atom stereocenters. The molecule has 1 N–H and O–H groups in total. The molecule has 0 aliphatic heterocycles. The number of Topliss-reactive ketones (excluding diaryl/α,β-unsaturated/α-hetero) is 1. The van der Waals surface area contributed by atoms with Gasteiger partial charge in [-0.2, -0.15) is 0 Å². The summed E-state index contributed by atoms with van der Waals surface area (Å²) in [5.74, 6) is -0.114. The third-order valence-electron chi connectivity index (χ3n) is 2.06. The van der Waals surface area contributed by atoms with Crippen LogP contribution in [0.1, 0.15) is 23.5 Å². The Kier molecular flexibility index (Phi) is 5.77. The van der Waals surface area contributed by atoms with Crippen LogP contribution in [0.3, 0.4) is 0 Å². The number of nitrogens with one attached hydrogen (secondary N) is 1. The Morgan fingerprint density at radius 1 is 1.50 bits per heavy atom. The maximum atomic E-state index is 12.0. The van der Waals surface area contributed by atoms with E-state index in [0.29, 0.717) is 10.7 Å². The second-order valence-electron chi connectivity index (χ2n) is 3.86. The van der Waals surface area contributed by atoms with Crippen molar-refractivity contribution in [1.29, 1.82) is 0 Å². The zero-order valence-electron chi connectivity index (χ0n) is 10.8. The van der Waals surface area contributed by atoms with Gasteiger partial charge in [-0.1, -0.05) is 25.6 Å². The molecule has 1 heterocycles. The van der Waals surface area contributed by atoms with Crippen molar-refractivity contribution < 1.29 is 14.3 Å². The van der Waals surface area contributed by atoms with E-state index >= 15 is 0 Å². The maximum absolute atomic E-state index is 12.0. The number of carbonyl (C=O) groups excluding carboxylic acids is 2. The smallest absolute Gasteiger partial charge is 0.251 e. The van der Waals surface area contributed by atoms with Crippen molar-refractivity contribution >= 4 is 40.6 Å². The quantitative estimate of drug-likeness (QED) is 0.642. The van der Waals surface area contributed by atoms with E-state index in [1.807, 2.05) is 20.1 Å². The van der Waals surface area contributed by atoms with Gasteiger partial charge in [0, 0.05) is 13.0 Å². The minimum Gasteiger partial charge on any atom is -0.375 e. The molecule has 0 saturated heterocycles. The molecule has 1 aromatic heterocycles. The number of methoxy groups -OCH3 is 1. The lowest BCUT2D eigenvalue weighted by Gasteiger charge is -2.05. The van der Waals surface area contributed by atoms with Gasteiger partial charge < -0.3 is 10.1 Å². The van der Waals surface area contributed by atoms with E-state index < -0.39 is 0 Å². The Labute approximate surface area is 114 Å². The van der Waals surface area contributed by atoms with E-state index in [-0.39, 0.29) is 24.2 Å². The minimum absolute atomic E-state index is 0.0134. The van der Waals surface area contributed by atoms with Crippen LogP contribution < -0.4 is 5.32 Å². The Morgan fingerprint density at radius 3 is 2.67 bits per heavy atom. The summed E-state index contributed by atoms with van der Waals surface area (Å²) in [5.41, 5.74) is 0. The van der Waals surface area contributed by atoms with E-state index in [1.54, 1.807) is 0 Å². The Bertz CT molecular complexity index is 443. The van der Waals surface area contributed by atoms with Crippen molar-refractivity contribution in [3.8, 4) is 0 Å². The van der Waals surface area contributed by atoms with Crippen LogP contribution in [0.4, 0.5) is 5.82 Å². The van der Waals surface area contributed by atoms with Crippen LogP contribution >= 0.6 is 23.1 Å². The molecule has 1 rings (SSSR count). The van der Waals surface area contributed by atoms with Gasteiger partial charge in [0.2, 0.25) is 0 Å². The van der Waals surface area contributed by atoms with Crippen LogP contribution in [0.25, 0.3) is 0 Å². The molecule has 0 aliphatic rings. The zero-order chi connectivity index (χ0) is 13.7. The fourth-order valence-corrected chi connectivity index (χ4v) is 2.81. The number of thiazole rings is 1. The number of aromatic nitrogens is 1. The van der Waals surface area contributed by atoms with E-state index in [1.165, 1.54) is 30.2 Å². The third-order valence-corrected chi connectivity index (χ3v) is 4.12. The summed E-state index contributed by atoms with van der Waals surface area (Å²) in [5, 5.41) is 2.60. The summed E-state index contributed by atoms with van der Waals surface area (Å²) in [6.07, 6.45) is 1.88. The molecule has 7 heteroatoms. The lowest BCUT2D eigenvalue weighted by atomic mass is 10.1. The molecule has 18 heavy (non-hydrogen) atoms. The van der Waals surface area contributed by atoms with Crippen LogP contribution in [-0.4, -0.2) is 36.6 Å². The highest BCUT2D eigenvalue weighted by Crippen LogP contribution is 2.31. The van der Waals surface area contributed by atoms with Crippen molar-refractivity contribution in [2.45, 2.75) is 18.2 Å². The molecule has 0 unspecified atom stereocenters. The van der Waals surface area contributed by atoms with Gasteiger partial charge in [0.1, 0.15) is 11.5 Å². The summed E-state index contributed by atoms with van der Waals surface area (Å²) >= 11 is 2.75. The molecule has 1 aromatic rings. The van der Waals surface area contributed by atoms with Crippen LogP contribution in [-0.2, 0) is 9.53 Å². The molecular weight excluding hydrogens is 272 g/mol. The summed E-state index contributed by atoms with van der Waals surface area (Å²) < 4.78 is 5.49. The van der Waals surface area contributed by atoms with Gasteiger partial charge in [-0.05, 0) is 6.26 Å². The number of carbonyl (C=O) groups is 2. The standard InChI is InChI=1S/C11H16N2O3S2/c1-6(2)8(15)9-10(12-7(14)5-16-3)13-11(17-4)18-9/h6H,5H2,1-4H3,(H,12,14). The average Bonchev–Trinajstić information content (AvgIpc) is 2.71. The normalized spacial score (nSPS) is 10.7. The highest BCUT2D eigenvalue weighted by atomic mass is 32.2. The van der Waals surface area contributed by atoms with Crippen LogP contribution in [0.2, 0.25) is 0 Å². The average molecular weight is 288 g/mol. The molecule has 0 fully saturated rings. The van der Waals surface area contributed by atoms with Crippen LogP contribution in [0, 0.1) is 5.92 Å². The zero-order valence-corrected chi connectivity index (χ0v) is 12.4. The Morgan fingerprint density at radius 2 is 2.17 bits per heavy atom. The van der Waals surface area contributed by atoms with Gasteiger partial charge in [0.05, 0.1) is 0 Å². The van der Waals surface area contributed by atoms with E-state index in [4.69, 9.17) is 4.74 Å². The summed E-state index contributed by atoms with van der Waals surface area (Å²) in [6, 6.07) is 0. The predicted molar refractivity (Wildman–Crippen MR) is 73.6 cm³/mol. The molecule has 0 radical (unpaired) electrons. The first-order chi connectivity index (χ1) is 8.49. The van der Waals surface area contributed by atoms with Crippen molar-refractivity contribution in [3.05, 3.63) is 4.88 Å². The number of rotatable bonds is 6. The largest absolute Gasteiger partial charge is 0.375 e. The molecule has 0 spiro atoms. The van der Waals surface area contributed by atoms with Gasteiger partial charge in [0.25, 0.3) is 5.91 Å². The highest BCUT2D eigenvalue weighted by Gasteiger charge is 2.21. The van der Waals surface area contributed by atoms with Crippen molar-refractivity contribution in [3.63, 3.8) is 0 Å². The fourth-order valence-electron chi connectivity index (χ4n) is 1.20. The predicted octanol–water partition coefficient (Wildman–Crippen LogP) is 2.29. The number of ketones is 1. The number of nitrogens with zero attached hydrogens (tertiary/aromatic N) is 1. The fraction of sp³-hybridized carbons (Fsp3) is 0.545. The highest BCUT2D eigenvalue weighted by molar-refractivity contribution is 8.00. The van der Waals surface area contributed by atoms with Crippen LogP contribution in [0.5, 0.6) is 0 Å². The van der Waals surface area contributed by atoms with Gasteiger partial charge in [-0.15, -0.1) is 11.3 Å². The van der Waals surface area contributed by atoms with Crippen molar-refractivity contribution in [1.82, 2.24) is 4.98 Å². The van der Waals surface area contributed by atoms with Crippen LogP contribution in [0.15, 0.2) is 4.34 Å². The second-order valence-corrected chi connectivity index (χ2v) is 5.91. The number of amides is 1. The van der Waals surface area contributed by atoms with Crippen molar-refractivity contribution in [2.75, 3.05) is 25.3 Å². The SMILES string of the molecule is COCC(=O)Nc1nc(SC)sc1C(=O)C(C)C. The van der Waals surface area contributed by atoms with E-state index in [9.17, 15) is 9.59 Å². The molecule has 0 saturated carbocycles. The lowest BCUT2D eigenvalue weighted by molar-refractivity contribution is -0.119. The molecular formula is C11H16N2O3S2. The number of hydrogen-bond acceptors (Lipinski definition) is 6. The minimum atomic E-state index is -0.312.